The summed E-state index contributed by atoms with van der Waals surface area (Å²) >= 11 is 0. The third-order valence-electron chi connectivity index (χ3n) is 1.84. The van der Waals surface area contributed by atoms with Crippen molar-refractivity contribution in [2.24, 2.45) is 0 Å². The van der Waals surface area contributed by atoms with Crippen LogP contribution in [0.15, 0.2) is 23.0 Å². The molecule has 1 aromatic heterocycles. The van der Waals surface area contributed by atoms with Crippen molar-refractivity contribution in [3.63, 3.8) is 0 Å². The van der Waals surface area contributed by atoms with Gasteiger partial charge in [-0.05, 0) is 24.9 Å². The fraction of sp³-hybridized carbons (Fsp3) is 0.111. The van der Waals surface area contributed by atoms with Crippen LogP contribution in [-0.2, 0) is 0 Å². The average Bonchev–Trinajstić information content (AvgIpc) is 2.06. The number of fused-ring (bicyclic) bond motifs is 1. The van der Waals surface area contributed by atoms with E-state index in [4.69, 9.17) is 0 Å². The fourth-order valence-electron chi connectivity index (χ4n) is 1.23. The SMILES string of the molecule is Cc1ccc2nc(=O)[nH]c([O-])c2c1.[K+]. The Bertz CT molecular complexity index is 522. The molecule has 1 aromatic carbocycles. The molecule has 0 saturated carbocycles. The molecule has 0 aliphatic rings. The van der Waals surface area contributed by atoms with Crippen molar-refractivity contribution in [1.82, 2.24) is 9.97 Å². The zero-order valence-electron chi connectivity index (χ0n) is 8.00. The Morgan fingerprint density at radius 2 is 2.14 bits per heavy atom. The Kier molecular flexibility index (Phi) is 3.85. The molecule has 0 radical (unpaired) electrons. The molecule has 0 fully saturated rings. The molecule has 66 valence electrons. The smallest absolute Gasteiger partial charge is 0.860 e. The zero-order valence-corrected chi connectivity index (χ0v) is 11.1. The van der Waals surface area contributed by atoms with E-state index >= 15 is 0 Å². The standard InChI is InChI=1S/C9H8N2O2.K/c1-5-2-3-7-6(4-5)8(12)11-9(13)10-7;/h2-4H,1H3,(H2,10,11,12,13);/q;+1/p-1. The first-order chi connectivity index (χ1) is 6.16. The second-order valence-corrected chi connectivity index (χ2v) is 2.89. The number of hydrogen-bond acceptors (Lipinski definition) is 3. The molecule has 0 unspecified atom stereocenters. The summed E-state index contributed by atoms with van der Waals surface area (Å²) in [6.07, 6.45) is 0. The predicted molar refractivity (Wildman–Crippen MR) is 46.5 cm³/mol. The number of aromatic nitrogens is 2. The Hall–Kier alpha value is -0.204. The summed E-state index contributed by atoms with van der Waals surface area (Å²) in [6.45, 7) is 1.88. The molecule has 14 heavy (non-hydrogen) atoms. The summed E-state index contributed by atoms with van der Waals surface area (Å²) in [6, 6.07) is 5.19. The van der Waals surface area contributed by atoms with Gasteiger partial charge in [0, 0.05) is 5.39 Å². The second-order valence-electron chi connectivity index (χ2n) is 2.89. The number of benzene rings is 1. The molecule has 0 amide bonds. The molecule has 0 aliphatic carbocycles. The van der Waals surface area contributed by atoms with Crippen molar-refractivity contribution >= 4 is 10.9 Å². The van der Waals surface area contributed by atoms with Gasteiger partial charge >= 0.3 is 57.1 Å². The molecule has 1 heterocycles. The van der Waals surface area contributed by atoms with Crippen LogP contribution in [0.5, 0.6) is 5.88 Å². The van der Waals surface area contributed by atoms with Crippen molar-refractivity contribution < 1.29 is 56.5 Å². The summed E-state index contributed by atoms with van der Waals surface area (Å²) in [7, 11) is 0. The molecule has 0 aliphatic heterocycles. The number of H-pyrrole nitrogens is 1. The first kappa shape index (κ1) is 11.9. The maximum absolute atomic E-state index is 11.3. The van der Waals surface area contributed by atoms with E-state index in [1.807, 2.05) is 13.0 Å². The largest absolute Gasteiger partial charge is 1.00 e. The normalized spacial score (nSPS) is 9.79. The van der Waals surface area contributed by atoms with Crippen LogP contribution in [0.1, 0.15) is 5.56 Å². The van der Waals surface area contributed by atoms with Crippen molar-refractivity contribution in [2.45, 2.75) is 6.92 Å². The summed E-state index contributed by atoms with van der Waals surface area (Å²) < 4.78 is 0. The van der Waals surface area contributed by atoms with Gasteiger partial charge in [-0.3, -0.25) is 0 Å². The molecule has 5 heteroatoms. The van der Waals surface area contributed by atoms with Crippen LogP contribution in [0.2, 0.25) is 0 Å². The number of hydrogen-bond donors (Lipinski definition) is 1. The molecule has 1 N–H and O–H groups in total. The van der Waals surface area contributed by atoms with Gasteiger partial charge in [0.15, 0.2) is 0 Å². The van der Waals surface area contributed by atoms with Crippen molar-refractivity contribution in [3.8, 4) is 5.88 Å². The van der Waals surface area contributed by atoms with Gasteiger partial charge in [-0.25, -0.2) is 4.79 Å². The molecule has 0 saturated heterocycles. The van der Waals surface area contributed by atoms with Gasteiger partial charge in [0.2, 0.25) is 0 Å². The van der Waals surface area contributed by atoms with E-state index in [2.05, 4.69) is 9.97 Å². The minimum Gasteiger partial charge on any atom is -0.860 e. The van der Waals surface area contributed by atoms with E-state index in [9.17, 15) is 9.90 Å². The molecule has 0 bridgehead atoms. The van der Waals surface area contributed by atoms with Crippen LogP contribution >= 0.6 is 0 Å². The predicted octanol–water partition coefficient (Wildman–Crippen LogP) is -2.69. The third-order valence-corrected chi connectivity index (χ3v) is 1.84. The molecular formula is C9H7KN2O2. The zero-order chi connectivity index (χ0) is 9.42. The number of aryl methyl sites for hydroxylation is 1. The average molecular weight is 214 g/mol. The Balaban J connectivity index is 0.000000980. The first-order valence-electron chi connectivity index (χ1n) is 3.84. The van der Waals surface area contributed by atoms with Crippen LogP contribution in [-0.4, -0.2) is 9.97 Å². The van der Waals surface area contributed by atoms with Crippen LogP contribution in [0.25, 0.3) is 10.9 Å². The third kappa shape index (κ3) is 2.24. The molecule has 0 spiro atoms. The minimum absolute atomic E-state index is 0. The van der Waals surface area contributed by atoms with Gasteiger partial charge in [-0.15, -0.1) is 0 Å². The number of rotatable bonds is 0. The second kappa shape index (κ2) is 4.54. The van der Waals surface area contributed by atoms with Gasteiger partial charge in [0.05, 0.1) is 5.52 Å². The van der Waals surface area contributed by atoms with Crippen LogP contribution < -0.4 is 62.2 Å². The Morgan fingerprint density at radius 3 is 2.86 bits per heavy atom. The van der Waals surface area contributed by atoms with Gasteiger partial charge in [-0.2, -0.15) is 4.98 Å². The molecule has 2 rings (SSSR count). The van der Waals surface area contributed by atoms with Crippen LogP contribution in [0.3, 0.4) is 0 Å². The molecular weight excluding hydrogens is 207 g/mol. The van der Waals surface area contributed by atoms with E-state index in [0.29, 0.717) is 10.9 Å². The minimum atomic E-state index is -0.596. The fourth-order valence-corrected chi connectivity index (χ4v) is 1.23. The molecule has 0 atom stereocenters. The number of aromatic amines is 1. The topological polar surface area (TPSA) is 68.8 Å². The molecule has 2 aromatic rings. The maximum atomic E-state index is 11.3. The van der Waals surface area contributed by atoms with Crippen molar-refractivity contribution in [1.29, 1.82) is 0 Å². The van der Waals surface area contributed by atoms with E-state index in [1.165, 1.54) is 0 Å². The maximum Gasteiger partial charge on any atom is 1.00 e. The van der Waals surface area contributed by atoms with Gasteiger partial charge < -0.3 is 10.1 Å². The summed E-state index contributed by atoms with van der Waals surface area (Å²) in [5, 5.41) is 11.7. The van der Waals surface area contributed by atoms with Gasteiger partial charge in [0.1, 0.15) is 0 Å². The van der Waals surface area contributed by atoms with Crippen molar-refractivity contribution in [2.75, 3.05) is 0 Å². The molecule has 4 nitrogen and oxygen atoms in total. The monoisotopic (exact) mass is 214 g/mol. The Labute approximate surface area is 123 Å². The first-order valence-corrected chi connectivity index (χ1v) is 3.84. The van der Waals surface area contributed by atoms with E-state index in [-0.39, 0.29) is 57.3 Å². The van der Waals surface area contributed by atoms with E-state index in [1.54, 1.807) is 12.1 Å². The number of nitrogens with one attached hydrogen (secondary N) is 1. The van der Waals surface area contributed by atoms with Gasteiger partial charge in [-0.1, -0.05) is 11.6 Å². The van der Waals surface area contributed by atoms with Crippen LogP contribution in [0, 0.1) is 6.92 Å². The van der Waals surface area contributed by atoms with E-state index < -0.39 is 5.69 Å². The summed E-state index contributed by atoms with van der Waals surface area (Å²) in [5.41, 5.74) is 0.819. The van der Waals surface area contributed by atoms with Crippen LogP contribution in [0.4, 0.5) is 0 Å². The summed E-state index contributed by atoms with van der Waals surface area (Å²) in [4.78, 5) is 16.6. The Morgan fingerprint density at radius 1 is 1.43 bits per heavy atom. The quantitative estimate of drug-likeness (QED) is 0.486. The van der Waals surface area contributed by atoms with Crippen molar-refractivity contribution in [3.05, 3.63) is 34.2 Å². The summed E-state index contributed by atoms with van der Waals surface area (Å²) in [5.74, 6) is -0.376. The number of nitrogens with zero attached hydrogens (tertiary/aromatic N) is 1. The van der Waals surface area contributed by atoms with Gasteiger partial charge in [0.25, 0.3) is 0 Å². The van der Waals surface area contributed by atoms with E-state index in [0.717, 1.165) is 5.56 Å².